The van der Waals surface area contributed by atoms with Gasteiger partial charge in [-0.05, 0) is 43.7 Å². The van der Waals surface area contributed by atoms with Crippen molar-refractivity contribution in [1.29, 1.82) is 0 Å². The molecule has 7 heteroatoms. The summed E-state index contributed by atoms with van der Waals surface area (Å²) in [4.78, 5) is 14.8. The van der Waals surface area contributed by atoms with E-state index in [1.807, 2.05) is 0 Å². The van der Waals surface area contributed by atoms with E-state index in [9.17, 15) is 9.18 Å². The largest absolute Gasteiger partial charge is 0.411 e. The Kier molecular flexibility index (Phi) is 5.24. The molecule has 1 aromatic heterocycles. The van der Waals surface area contributed by atoms with Gasteiger partial charge in [0, 0.05) is 12.6 Å². The first-order valence-electron chi connectivity index (χ1n) is 9.23. The monoisotopic (exact) mass is 375 g/mol. The third kappa shape index (κ3) is 3.63. The van der Waals surface area contributed by atoms with E-state index in [-0.39, 0.29) is 23.1 Å². The van der Waals surface area contributed by atoms with Crippen LogP contribution in [0.2, 0.25) is 0 Å². The van der Waals surface area contributed by atoms with E-state index in [0.717, 1.165) is 19.4 Å². The van der Waals surface area contributed by atoms with Crippen molar-refractivity contribution >= 4 is 17.7 Å². The van der Waals surface area contributed by atoms with Crippen molar-refractivity contribution in [2.75, 3.05) is 12.3 Å². The predicted octanol–water partition coefficient (Wildman–Crippen LogP) is 4.15. The Morgan fingerprint density at radius 1 is 1.19 bits per heavy atom. The molecule has 1 aliphatic heterocycles. The van der Waals surface area contributed by atoms with Crippen molar-refractivity contribution in [2.24, 2.45) is 5.92 Å². The van der Waals surface area contributed by atoms with Crippen LogP contribution >= 0.6 is 11.8 Å². The molecule has 1 amide bonds. The molecule has 0 radical (unpaired) electrons. The first-order valence-corrected chi connectivity index (χ1v) is 10.2. The van der Waals surface area contributed by atoms with Gasteiger partial charge in [0.1, 0.15) is 5.82 Å². The molecule has 2 aliphatic rings. The molecular formula is C19H22FN3O2S. The fraction of sp³-hybridized carbons (Fsp3) is 0.526. The van der Waals surface area contributed by atoms with Crippen LogP contribution in [-0.2, 0) is 4.79 Å². The Balaban J connectivity index is 1.38. The maximum atomic E-state index is 13.8. The summed E-state index contributed by atoms with van der Waals surface area (Å²) >= 11 is 1.23. The smallest absolute Gasteiger partial charge is 0.277 e. The minimum atomic E-state index is -0.402. The molecule has 26 heavy (non-hydrogen) atoms. The van der Waals surface area contributed by atoms with Gasteiger partial charge in [0.15, 0.2) is 0 Å². The van der Waals surface area contributed by atoms with Crippen LogP contribution in [0.25, 0.3) is 11.5 Å². The van der Waals surface area contributed by atoms with Crippen LogP contribution in [0.5, 0.6) is 0 Å². The topological polar surface area (TPSA) is 59.2 Å². The first kappa shape index (κ1) is 17.5. The van der Waals surface area contributed by atoms with Gasteiger partial charge >= 0.3 is 0 Å². The number of hydrogen-bond acceptors (Lipinski definition) is 5. The van der Waals surface area contributed by atoms with Crippen LogP contribution in [0.4, 0.5) is 4.39 Å². The zero-order valence-electron chi connectivity index (χ0n) is 14.6. The zero-order valence-corrected chi connectivity index (χ0v) is 15.4. The number of carbonyl (C=O) groups excluding carboxylic acids is 1. The lowest BCUT2D eigenvalue weighted by molar-refractivity contribution is -0.134. The minimum absolute atomic E-state index is 0.136. The molecule has 2 heterocycles. The zero-order chi connectivity index (χ0) is 17.9. The fourth-order valence-electron chi connectivity index (χ4n) is 4.15. The Morgan fingerprint density at radius 3 is 2.88 bits per heavy atom. The molecule has 0 N–H and O–H groups in total. The number of rotatable bonds is 4. The number of thioether (sulfide) groups is 1. The second kappa shape index (κ2) is 7.78. The van der Waals surface area contributed by atoms with E-state index < -0.39 is 5.82 Å². The Bertz CT molecular complexity index is 780. The molecule has 0 bridgehead atoms. The molecular weight excluding hydrogens is 353 g/mol. The van der Waals surface area contributed by atoms with E-state index in [0.29, 0.717) is 17.2 Å². The second-order valence-electron chi connectivity index (χ2n) is 6.98. The number of hydrogen-bond donors (Lipinski definition) is 0. The summed E-state index contributed by atoms with van der Waals surface area (Å²) in [5.41, 5.74) is 0.277. The van der Waals surface area contributed by atoms with Crippen molar-refractivity contribution in [3.05, 3.63) is 30.1 Å². The highest BCUT2D eigenvalue weighted by molar-refractivity contribution is 7.99. The summed E-state index contributed by atoms with van der Waals surface area (Å²) in [6.45, 7) is 0.852. The molecule has 0 spiro atoms. The minimum Gasteiger partial charge on any atom is -0.411 e. The normalized spacial score (nSPS) is 22.9. The summed E-state index contributed by atoms with van der Waals surface area (Å²) < 4.78 is 19.3. The van der Waals surface area contributed by atoms with E-state index in [1.54, 1.807) is 18.2 Å². The van der Waals surface area contributed by atoms with Crippen molar-refractivity contribution in [2.45, 2.75) is 49.8 Å². The van der Waals surface area contributed by atoms with Crippen molar-refractivity contribution < 1.29 is 13.6 Å². The van der Waals surface area contributed by atoms with Crippen LogP contribution in [0, 0.1) is 11.7 Å². The highest BCUT2D eigenvalue weighted by Crippen LogP contribution is 2.35. The number of carbonyl (C=O) groups is 1. The van der Waals surface area contributed by atoms with Crippen molar-refractivity contribution in [3.63, 3.8) is 0 Å². The molecule has 138 valence electrons. The highest BCUT2D eigenvalue weighted by atomic mass is 32.2. The van der Waals surface area contributed by atoms with E-state index in [2.05, 4.69) is 15.1 Å². The van der Waals surface area contributed by atoms with Gasteiger partial charge in [-0.1, -0.05) is 36.7 Å². The average Bonchev–Trinajstić information content (AvgIpc) is 3.15. The maximum absolute atomic E-state index is 13.8. The molecule has 1 aromatic carbocycles. The summed E-state index contributed by atoms with van der Waals surface area (Å²) in [6.07, 6.45) is 7.22. The van der Waals surface area contributed by atoms with Gasteiger partial charge in [-0.15, -0.1) is 10.2 Å². The highest BCUT2D eigenvalue weighted by Gasteiger charge is 2.35. The quantitative estimate of drug-likeness (QED) is 0.752. The lowest BCUT2D eigenvalue weighted by Crippen LogP contribution is -2.50. The SMILES string of the molecule is O=C(CSc1nnc(-c2ccccc2F)o1)N1CCC[C@H]2CCCC[C@H]21. The van der Waals surface area contributed by atoms with Gasteiger partial charge in [0.05, 0.1) is 11.3 Å². The van der Waals surface area contributed by atoms with E-state index in [4.69, 9.17) is 4.42 Å². The Hall–Kier alpha value is -1.89. The van der Waals surface area contributed by atoms with Crippen LogP contribution in [-0.4, -0.2) is 39.3 Å². The number of halogens is 1. The van der Waals surface area contributed by atoms with Gasteiger partial charge in [-0.25, -0.2) is 4.39 Å². The van der Waals surface area contributed by atoms with Crippen LogP contribution in [0.1, 0.15) is 38.5 Å². The molecule has 1 aliphatic carbocycles. The van der Waals surface area contributed by atoms with Gasteiger partial charge in [0.25, 0.3) is 11.1 Å². The van der Waals surface area contributed by atoms with Crippen LogP contribution < -0.4 is 0 Å². The molecule has 1 saturated heterocycles. The Labute approximate surface area is 156 Å². The number of benzene rings is 1. The third-order valence-electron chi connectivity index (χ3n) is 5.39. The molecule has 4 rings (SSSR count). The molecule has 2 aromatic rings. The predicted molar refractivity (Wildman–Crippen MR) is 97.1 cm³/mol. The molecule has 1 saturated carbocycles. The summed E-state index contributed by atoms with van der Waals surface area (Å²) in [5.74, 6) is 0.825. The summed E-state index contributed by atoms with van der Waals surface area (Å²) in [6, 6.07) is 6.69. The average molecular weight is 375 g/mol. The summed E-state index contributed by atoms with van der Waals surface area (Å²) in [7, 11) is 0. The van der Waals surface area contributed by atoms with Gasteiger partial charge < -0.3 is 9.32 Å². The van der Waals surface area contributed by atoms with Gasteiger partial charge in [-0.2, -0.15) is 0 Å². The number of nitrogens with zero attached hydrogens (tertiary/aromatic N) is 3. The number of aromatic nitrogens is 2. The Morgan fingerprint density at radius 2 is 2.00 bits per heavy atom. The molecule has 2 fully saturated rings. The van der Waals surface area contributed by atoms with E-state index >= 15 is 0 Å². The van der Waals surface area contributed by atoms with Crippen molar-refractivity contribution in [3.8, 4) is 11.5 Å². The van der Waals surface area contributed by atoms with Gasteiger partial charge in [-0.3, -0.25) is 4.79 Å². The maximum Gasteiger partial charge on any atom is 0.277 e. The number of likely N-dealkylation sites (tertiary alicyclic amines) is 1. The number of piperidine rings is 1. The first-order chi connectivity index (χ1) is 12.7. The molecule has 0 unspecified atom stereocenters. The van der Waals surface area contributed by atoms with Crippen LogP contribution in [0.15, 0.2) is 33.9 Å². The molecule has 5 nitrogen and oxygen atoms in total. The van der Waals surface area contributed by atoms with Crippen LogP contribution in [0.3, 0.4) is 0 Å². The second-order valence-corrected chi connectivity index (χ2v) is 7.91. The lowest BCUT2D eigenvalue weighted by atomic mass is 9.78. The van der Waals surface area contributed by atoms with E-state index in [1.165, 1.54) is 43.5 Å². The fourth-order valence-corrected chi connectivity index (χ4v) is 4.80. The summed E-state index contributed by atoms with van der Waals surface area (Å²) in [5, 5.41) is 8.14. The molecule has 2 atom stereocenters. The van der Waals surface area contributed by atoms with Crippen molar-refractivity contribution in [1.82, 2.24) is 15.1 Å². The number of fused-ring (bicyclic) bond motifs is 1. The third-order valence-corrected chi connectivity index (χ3v) is 6.20. The lowest BCUT2D eigenvalue weighted by Gasteiger charge is -2.44. The number of amides is 1. The standard InChI is InChI=1S/C19H22FN3O2S/c20-15-9-3-2-8-14(15)18-21-22-19(25-18)26-12-17(24)23-11-5-7-13-6-1-4-10-16(13)23/h2-3,8-9,13,16H,1,4-7,10-12H2/t13-,16-/m1/s1. The van der Waals surface area contributed by atoms with Gasteiger partial charge in [0.2, 0.25) is 5.91 Å².